The number of aromatic amines is 1. The Balaban J connectivity index is 1.93. The number of nitrogens with one attached hydrogen (secondary N) is 4. The van der Waals surface area contributed by atoms with Crippen molar-refractivity contribution in [2.24, 2.45) is 0 Å². The molecule has 0 unspecified atom stereocenters. The zero-order chi connectivity index (χ0) is 15.2. The highest BCUT2D eigenvalue weighted by Gasteiger charge is 2.14. The van der Waals surface area contributed by atoms with Crippen LogP contribution in [0.3, 0.4) is 0 Å². The molecule has 1 heterocycles. The van der Waals surface area contributed by atoms with Crippen molar-refractivity contribution < 1.29 is 9.59 Å². The number of urea groups is 1. The second-order valence-electron chi connectivity index (χ2n) is 4.19. The molecule has 0 bridgehead atoms. The first-order chi connectivity index (χ1) is 10.1. The molecule has 21 heavy (non-hydrogen) atoms. The van der Waals surface area contributed by atoms with E-state index in [2.05, 4.69) is 47.3 Å². The molecule has 9 heteroatoms. The minimum atomic E-state index is -0.270. The molecule has 3 amide bonds. The van der Waals surface area contributed by atoms with E-state index in [0.29, 0.717) is 36.2 Å². The Morgan fingerprint density at radius 3 is 2.71 bits per heavy atom. The number of amides is 3. The molecule has 2 rings (SSSR count). The fourth-order valence-corrected chi connectivity index (χ4v) is 2.21. The summed E-state index contributed by atoms with van der Waals surface area (Å²) in [7, 11) is 0. The van der Waals surface area contributed by atoms with E-state index in [1.807, 2.05) is 6.92 Å². The summed E-state index contributed by atoms with van der Waals surface area (Å²) in [6.45, 7) is 3.05. The van der Waals surface area contributed by atoms with Crippen molar-refractivity contribution in [1.29, 1.82) is 0 Å². The summed E-state index contributed by atoms with van der Waals surface area (Å²) >= 11 is 3.33. The number of hydrogen-bond donors (Lipinski definition) is 4. The van der Waals surface area contributed by atoms with E-state index in [-0.39, 0.29) is 11.9 Å². The molecule has 0 radical (unpaired) electrons. The van der Waals surface area contributed by atoms with Crippen LogP contribution in [0.4, 0.5) is 4.79 Å². The van der Waals surface area contributed by atoms with E-state index in [4.69, 9.17) is 0 Å². The molecule has 1 aromatic carbocycles. The second-order valence-corrected chi connectivity index (χ2v) is 5.10. The van der Waals surface area contributed by atoms with E-state index in [1.54, 1.807) is 12.1 Å². The molecule has 0 fully saturated rings. The van der Waals surface area contributed by atoms with E-state index >= 15 is 0 Å². The van der Waals surface area contributed by atoms with Gasteiger partial charge in [-0.2, -0.15) is 15.4 Å². The Bertz CT molecular complexity index is 656. The van der Waals surface area contributed by atoms with Gasteiger partial charge >= 0.3 is 6.03 Å². The molecule has 0 spiro atoms. The van der Waals surface area contributed by atoms with Crippen LogP contribution in [-0.2, 0) is 0 Å². The quantitative estimate of drug-likeness (QED) is 0.594. The summed E-state index contributed by atoms with van der Waals surface area (Å²) in [6, 6.07) is 3.19. The lowest BCUT2D eigenvalue weighted by Crippen LogP contribution is -2.40. The van der Waals surface area contributed by atoms with Gasteiger partial charge in [0.05, 0.1) is 5.56 Å². The summed E-state index contributed by atoms with van der Waals surface area (Å²) in [6.07, 6.45) is 0. The zero-order valence-electron chi connectivity index (χ0n) is 11.4. The highest BCUT2D eigenvalue weighted by molar-refractivity contribution is 9.10. The van der Waals surface area contributed by atoms with Crippen molar-refractivity contribution in [3.05, 3.63) is 22.2 Å². The molecule has 0 saturated heterocycles. The van der Waals surface area contributed by atoms with Crippen LogP contribution < -0.4 is 16.0 Å². The smallest absolute Gasteiger partial charge is 0.314 e. The third-order valence-electron chi connectivity index (χ3n) is 2.66. The number of fused-ring (bicyclic) bond motifs is 1. The minimum Gasteiger partial charge on any atom is -0.350 e. The predicted octanol–water partition coefficient (Wildman–Crippen LogP) is 0.769. The summed E-state index contributed by atoms with van der Waals surface area (Å²) in [5.74, 6) is -0.270. The van der Waals surface area contributed by atoms with Gasteiger partial charge in [-0.3, -0.25) is 4.79 Å². The number of hydrogen-bond acceptors (Lipinski definition) is 4. The van der Waals surface area contributed by atoms with Crippen molar-refractivity contribution in [3.8, 4) is 0 Å². The van der Waals surface area contributed by atoms with Crippen LogP contribution in [0, 0.1) is 0 Å². The maximum absolute atomic E-state index is 12.1. The lowest BCUT2D eigenvalue weighted by molar-refractivity contribution is 0.0955. The topological polar surface area (TPSA) is 112 Å². The van der Waals surface area contributed by atoms with Crippen molar-refractivity contribution in [3.63, 3.8) is 0 Å². The number of rotatable bonds is 5. The standard InChI is InChI=1S/C12H15BrN6O2/c1-2-14-12(21)16-4-3-15-11(20)8-5-7(13)6-9-10(8)18-19-17-9/h5-6H,2-4H2,1H3,(H,15,20)(H2,14,16,21)(H,17,18,19). The first kappa shape index (κ1) is 15.2. The van der Waals surface area contributed by atoms with Crippen LogP contribution in [0.1, 0.15) is 17.3 Å². The maximum atomic E-state index is 12.1. The van der Waals surface area contributed by atoms with Gasteiger partial charge in [-0.1, -0.05) is 15.9 Å². The first-order valence-corrected chi connectivity index (χ1v) is 7.21. The molecule has 4 N–H and O–H groups in total. The highest BCUT2D eigenvalue weighted by atomic mass is 79.9. The van der Waals surface area contributed by atoms with Gasteiger partial charge in [-0.05, 0) is 19.1 Å². The Hall–Kier alpha value is -2.16. The Morgan fingerprint density at radius 1 is 1.19 bits per heavy atom. The van der Waals surface area contributed by atoms with Gasteiger partial charge in [-0.25, -0.2) is 4.79 Å². The second kappa shape index (κ2) is 7.02. The van der Waals surface area contributed by atoms with E-state index < -0.39 is 0 Å². The number of aromatic nitrogens is 3. The molecule has 2 aromatic rings. The van der Waals surface area contributed by atoms with E-state index in [0.717, 1.165) is 4.47 Å². The van der Waals surface area contributed by atoms with Crippen molar-refractivity contribution in [1.82, 2.24) is 31.4 Å². The Labute approximate surface area is 129 Å². The number of carbonyl (C=O) groups excluding carboxylic acids is 2. The molecule has 0 aliphatic rings. The third kappa shape index (κ3) is 3.91. The third-order valence-corrected chi connectivity index (χ3v) is 3.12. The lowest BCUT2D eigenvalue weighted by Gasteiger charge is -2.08. The minimum absolute atomic E-state index is 0.256. The number of halogens is 1. The van der Waals surface area contributed by atoms with Gasteiger partial charge < -0.3 is 16.0 Å². The fourth-order valence-electron chi connectivity index (χ4n) is 1.76. The van der Waals surface area contributed by atoms with Gasteiger partial charge in [0.15, 0.2) is 0 Å². The number of nitrogens with zero attached hydrogens (tertiary/aromatic N) is 2. The number of H-pyrrole nitrogens is 1. The fraction of sp³-hybridized carbons (Fsp3) is 0.333. The predicted molar refractivity (Wildman–Crippen MR) is 81.0 cm³/mol. The Morgan fingerprint density at radius 2 is 1.95 bits per heavy atom. The van der Waals surface area contributed by atoms with Crippen molar-refractivity contribution >= 4 is 38.9 Å². The molecule has 0 saturated carbocycles. The molecule has 112 valence electrons. The molecular formula is C12H15BrN6O2. The molecule has 1 aromatic heterocycles. The first-order valence-electron chi connectivity index (χ1n) is 6.41. The number of carbonyl (C=O) groups is 2. The van der Waals surface area contributed by atoms with Gasteiger partial charge in [0.25, 0.3) is 5.91 Å². The Kier molecular flexibility index (Phi) is 5.09. The normalized spacial score (nSPS) is 10.4. The summed E-state index contributed by atoms with van der Waals surface area (Å²) in [4.78, 5) is 23.3. The van der Waals surface area contributed by atoms with E-state index in [9.17, 15) is 9.59 Å². The zero-order valence-corrected chi connectivity index (χ0v) is 13.0. The van der Waals surface area contributed by atoms with Crippen LogP contribution in [0.2, 0.25) is 0 Å². The summed E-state index contributed by atoms with van der Waals surface area (Å²) < 4.78 is 0.745. The van der Waals surface area contributed by atoms with Crippen LogP contribution in [-0.4, -0.2) is 47.0 Å². The van der Waals surface area contributed by atoms with E-state index in [1.165, 1.54) is 0 Å². The molecular weight excluding hydrogens is 340 g/mol. The maximum Gasteiger partial charge on any atom is 0.314 e. The van der Waals surface area contributed by atoms with Gasteiger partial charge in [0, 0.05) is 24.1 Å². The van der Waals surface area contributed by atoms with Crippen LogP contribution in [0.15, 0.2) is 16.6 Å². The van der Waals surface area contributed by atoms with Crippen LogP contribution in [0.5, 0.6) is 0 Å². The van der Waals surface area contributed by atoms with Gasteiger partial charge in [-0.15, -0.1) is 0 Å². The van der Waals surface area contributed by atoms with Crippen LogP contribution in [0.25, 0.3) is 11.0 Å². The highest BCUT2D eigenvalue weighted by Crippen LogP contribution is 2.20. The average molecular weight is 355 g/mol. The molecule has 0 aliphatic carbocycles. The van der Waals surface area contributed by atoms with Crippen molar-refractivity contribution in [2.75, 3.05) is 19.6 Å². The number of benzene rings is 1. The van der Waals surface area contributed by atoms with Crippen molar-refractivity contribution in [2.45, 2.75) is 6.92 Å². The van der Waals surface area contributed by atoms with Gasteiger partial charge in [0.1, 0.15) is 11.0 Å². The van der Waals surface area contributed by atoms with Gasteiger partial charge in [0.2, 0.25) is 0 Å². The summed E-state index contributed by atoms with van der Waals surface area (Å²) in [5.41, 5.74) is 1.54. The molecule has 8 nitrogen and oxygen atoms in total. The summed E-state index contributed by atoms with van der Waals surface area (Å²) in [5, 5.41) is 18.4. The lowest BCUT2D eigenvalue weighted by atomic mass is 10.1. The van der Waals surface area contributed by atoms with Crippen LogP contribution >= 0.6 is 15.9 Å². The molecule has 0 aliphatic heterocycles. The largest absolute Gasteiger partial charge is 0.350 e. The molecule has 0 atom stereocenters. The monoisotopic (exact) mass is 354 g/mol. The SMILES string of the molecule is CCNC(=O)NCCNC(=O)c1cc(Br)cc2n[nH]nc12. The average Bonchev–Trinajstić information content (AvgIpc) is 2.90.